The molecule has 0 heterocycles. The van der Waals surface area contributed by atoms with Gasteiger partial charge in [0.25, 0.3) is 0 Å². The average molecular weight is 310 g/mol. The summed E-state index contributed by atoms with van der Waals surface area (Å²) < 4.78 is 26.9. The third-order valence-electron chi connectivity index (χ3n) is 2.55. The zero-order valence-corrected chi connectivity index (χ0v) is 12.7. The molecular formula is C14H18N2O4S. The lowest BCUT2D eigenvalue weighted by Gasteiger charge is -2.14. The molecule has 0 radical (unpaired) electrons. The lowest BCUT2D eigenvalue weighted by atomic mass is 10.2. The first kappa shape index (κ1) is 17.2. The number of benzene rings is 1. The molecule has 3 N–H and O–H groups in total. The van der Waals surface area contributed by atoms with Crippen LogP contribution in [0.5, 0.6) is 0 Å². The van der Waals surface area contributed by atoms with Crippen molar-refractivity contribution in [1.29, 1.82) is 0 Å². The first-order valence-corrected chi connectivity index (χ1v) is 7.89. The van der Waals surface area contributed by atoms with Gasteiger partial charge in [-0.05, 0) is 26.0 Å². The van der Waals surface area contributed by atoms with Crippen molar-refractivity contribution >= 4 is 15.9 Å². The Labute approximate surface area is 124 Å². The number of nitrogens with one attached hydrogen (secondary N) is 2. The van der Waals surface area contributed by atoms with Crippen LogP contribution in [0.15, 0.2) is 29.2 Å². The largest absolute Gasteiger partial charge is 0.384 e. The molecule has 1 unspecified atom stereocenters. The maximum atomic E-state index is 12.3. The molecule has 0 spiro atoms. The van der Waals surface area contributed by atoms with Gasteiger partial charge in [-0.3, -0.25) is 4.79 Å². The second-order valence-corrected chi connectivity index (χ2v) is 5.88. The molecule has 0 aliphatic rings. The summed E-state index contributed by atoms with van der Waals surface area (Å²) in [4.78, 5) is 11.6. The number of likely N-dealkylation sites (N-methyl/N-ethyl adjacent to an activating group) is 1. The van der Waals surface area contributed by atoms with Crippen LogP contribution in [0.1, 0.15) is 19.4 Å². The number of amides is 1. The van der Waals surface area contributed by atoms with E-state index >= 15 is 0 Å². The Morgan fingerprint density at radius 1 is 1.38 bits per heavy atom. The van der Waals surface area contributed by atoms with Gasteiger partial charge in [0.15, 0.2) is 0 Å². The molecular weight excluding hydrogens is 292 g/mol. The van der Waals surface area contributed by atoms with Gasteiger partial charge in [0.2, 0.25) is 15.9 Å². The van der Waals surface area contributed by atoms with Crippen LogP contribution in [0.3, 0.4) is 0 Å². The number of aliphatic hydroxyl groups excluding tert-OH is 1. The number of aliphatic hydroxyl groups is 1. The minimum Gasteiger partial charge on any atom is -0.384 e. The van der Waals surface area contributed by atoms with Crippen LogP contribution in [0.25, 0.3) is 0 Å². The van der Waals surface area contributed by atoms with Gasteiger partial charge in [0, 0.05) is 12.1 Å². The predicted molar refractivity (Wildman–Crippen MR) is 78.9 cm³/mol. The monoisotopic (exact) mass is 310 g/mol. The summed E-state index contributed by atoms with van der Waals surface area (Å²) in [6, 6.07) is 5.25. The molecule has 21 heavy (non-hydrogen) atoms. The molecule has 0 aliphatic heterocycles. The maximum absolute atomic E-state index is 12.3. The Morgan fingerprint density at radius 3 is 2.67 bits per heavy atom. The van der Waals surface area contributed by atoms with Gasteiger partial charge in [-0.15, -0.1) is 0 Å². The van der Waals surface area contributed by atoms with Gasteiger partial charge in [-0.1, -0.05) is 24.0 Å². The van der Waals surface area contributed by atoms with E-state index < -0.39 is 22.0 Å². The molecule has 0 bridgehead atoms. The highest BCUT2D eigenvalue weighted by Gasteiger charge is 2.23. The number of carbonyl (C=O) groups is 1. The van der Waals surface area contributed by atoms with Crippen molar-refractivity contribution in [2.24, 2.45) is 0 Å². The molecule has 0 fully saturated rings. The molecule has 1 aromatic carbocycles. The van der Waals surface area contributed by atoms with Crippen molar-refractivity contribution in [3.63, 3.8) is 0 Å². The van der Waals surface area contributed by atoms with Crippen LogP contribution in [0.4, 0.5) is 0 Å². The number of hydrogen-bond donors (Lipinski definition) is 3. The summed E-state index contributed by atoms with van der Waals surface area (Å²) in [5.41, 5.74) is 0.266. The summed E-state index contributed by atoms with van der Waals surface area (Å²) >= 11 is 0. The van der Waals surface area contributed by atoms with Gasteiger partial charge >= 0.3 is 0 Å². The summed E-state index contributed by atoms with van der Waals surface area (Å²) in [6.45, 7) is 3.27. The highest BCUT2D eigenvalue weighted by molar-refractivity contribution is 7.89. The first-order valence-electron chi connectivity index (χ1n) is 6.41. The number of sulfonamides is 1. The molecule has 0 saturated carbocycles. The SMILES string of the molecule is CCNC(=O)C(C)NS(=O)(=O)c1ccccc1C#CCO. The molecule has 114 valence electrons. The summed E-state index contributed by atoms with van der Waals surface area (Å²) in [5, 5.41) is 11.2. The number of carbonyl (C=O) groups excluding carboxylic acids is 1. The molecule has 0 aromatic heterocycles. The van der Waals surface area contributed by atoms with E-state index in [1.807, 2.05) is 0 Å². The average Bonchev–Trinajstić information content (AvgIpc) is 2.45. The lowest BCUT2D eigenvalue weighted by molar-refractivity contribution is -0.122. The van der Waals surface area contributed by atoms with Gasteiger partial charge in [0.1, 0.15) is 6.61 Å². The van der Waals surface area contributed by atoms with E-state index in [0.29, 0.717) is 6.54 Å². The predicted octanol–water partition coefficient (Wildman–Crippen LogP) is -0.167. The van der Waals surface area contributed by atoms with Crippen LogP contribution in [0.2, 0.25) is 0 Å². The summed E-state index contributed by atoms with van der Waals surface area (Å²) in [6.07, 6.45) is 0. The van der Waals surface area contributed by atoms with Gasteiger partial charge in [-0.2, -0.15) is 4.72 Å². The van der Waals surface area contributed by atoms with Crippen LogP contribution in [0, 0.1) is 11.8 Å². The Kier molecular flexibility index (Phi) is 6.37. The van der Waals surface area contributed by atoms with E-state index in [1.165, 1.54) is 19.1 Å². The van der Waals surface area contributed by atoms with Crippen LogP contribution < -0.4 is 10.0 Å². The fourth-order valence-corrected chi connectivity index (χ4v) is 2.98. The van der Waals surface area contributed by atoms with Gasteiger partial charge in [0.05, 0.1) is 10.9 Å². The Balaban J connectivity index is 3.06. The standard InChI is InChI=1S/C14H18N2O4S/c1-3-15-14(18)11(2)16-21(19,20)13-9-5-4-7-12(13)8-6-10-17/h4-5,7,9,11,16-17H,3,10H2,1-2H3,(H,15,18). The van der Waals surface area contributed by atoms with E-state index in [9.17, 15) is 13.2 Å². The smallest absolute Gasteiger partial charge is 0.242 e. The normalized spacial score (nSPS) is 12.1. The zero-order valence-electron chi connectivity index (χ0n) is 11.9. The van der Waals surface area contributed by atoms with E-state index in [1.54, 1.807) is 19.1 Å². The molecule has 0 aliphatic carbocycles. The Hall–Kier alpha value is -1.88. The highest BCUT2D eigenvalue weighted by atomic mass is 32.2. The molecule has 1 aromatic rings. The summed E-state index contributed by atoms with van der Waals surface area (Å²) in [5.74, 6) is 4.58. The number of rotatable bonds is 5. The fourth-order valence-electron chi connectivity index (χ4n) is 1.62. The van der Waals surface area contributed by atoms with E-state index in [4.69, 9.17) is 5.11 Å². The molecule has 1 rings (SSSR count). The van der Waals surface area contributed by atoms with E-state index in [0.717, 1.165) is 0 Å². The molecule has 6 nitrogen and oxygen atoms in total. The Morgan fingerprint density at radius 2 is 2.05 bits per heavy atom. The van der Waals surface area contributed by atoms with Crippen LogP contribution in [-0.2, 0) is 14.8 Å². The molecule has 0 saturated heterocycles. The lowest BCUT2D eigenvalue weighted by Crippen LogP contribution is -2.44. The third-order valence-corrected chi connectivity index (χ3v) is 4.15. The van der Waals surface area contributed by atoms with E-state index in [-0.39, 0.29) is 17.1 Å². The molecule has 1 amide bonds. The topological polar surface area (TPSA) is 95.5 Å². The van der Waals surface area contributed by atoms with Crippen molar-refractivity contribution in [2.45, 2.75) is 24.8 Å². The minimum atomic E-state index is -3.88. The second kappa shape index (κ2) is 7.78. The quantitative estimate of drug-likeness (QED) is 0.658. The van der Waals surface area contributed by atoms with Gasteiger partial charge in [-0.25, -0.2) is 8.42 Å². The third kappa shape index (κ3) is 4.86. The fraction of sp³-hybridized carbons (Fsp3) is 0.357. The summed E-state index contributed by atoms with van der Waals surface area (Å²) in [7, 11) is -3.88. The van der Waals surface area contributed by atoms with Crippen LogP contribution >= 0.6 is 0 Å². The van der Waals surface area contributed by atoms with Crippen molar-refractivity contribution < 1.29 is 18.3 Å². The van der Waals surface area contributed by atoms with E-state index in [2.05, 4.69) is 21.9 Å². The van der Waals surface area contributed by atoms with Crippen molar-refractivity contribution in [3.8, 4) is 11.8 Å². The maximum Gasteiger partial charge on any atom is 0.242 e. The highest BCUT2D eigenvalue weighted by Crippen LogP contribution is 2.14. The molecule has 1 atom stereocenters. The zero-order chi connectivity index (χ0) is 15.9. The van der Waals surface area contributed by atoms with Crippen molar-refractivity contribution in [3.05, 3.63) is 29.8 Å². The van der Waals surface area contributed by atoms with Gasteiger partial charge < -0.3 is 10.4 Å². The Bertz CT molecular complexity index is 659. The molecule has 7 heteroatoms. The van der Waals surface area contributed by atoms with Crippen molar-refractivity contribution in [2.75, 3.05) is 13.2 Å². The van der Waals surface area contributed by atoms with Crippen LogP contribution in [-0.4, -0.2) is 38.6 Å². The first-order chi connectivity index (χ1) is 9.92. The number of hydrogen-bond acceptors (Lipinski definition) is 4. The van der Waals surface area contributed by atoms with Crippen molar-refractivity contribution in [1.82, 2.24) is 10.0 Å². The minimum absolute atomic E-state index is 0.0258. The second-order valence-electron chi connectivity index (χ2n) is 4.19.